The number of halogens is 1. The molecule has 2 rings (SSSR count). The van der Waals surface area contributed by atoms with Crippen LogP contribution < -0.4 is 16.4 Å². The predicted octanol–water partition coefficient (Wildman–Crippen LogP) is 4.72. The average molecular weight is 545 g/mol. The van der Waals surface area contributed by atoms with Crippen molar-refractivity contribution in [2.24, 2.45) is 5.73 Å². The van der Waals surface area contributed by atoms with E-state index in [-0.39, 0.29) is 0 Å². The van der Waals surface area contributed by atoms with Gasteiger partial charge in [-0.3, -0.25) is 14.4 Å². The van der Waals surface area contributed by atoms with Crippen molar-refractivity contribution in [3.8, 4) is 0 Å². The Labute approximate surface area is 229 Å². The minimum absolute atomic E-state index is 0.344. The van der Waals surface area contributed by atoms with Crippen LogP contribution in [0, 0.1) is 6.92 Å². The summed E-state index contributed by atoms with van der Waals surface area (Å²) in [4.78, 5) is 53.8. The number of nitrogens with one attached hydrogen (secondary N) is 2. The van der Waals surface area contributed by atoms with Crippen LogP contribution in [0.2, 0.25) is 5.02 Å². The number of para-hydroxylation sites is 1. The van der Waals surface area contributed by atoms with Crippen molar-refractivity contribution in [3.63, 3.8) is 0 Å². The Hall–Kier alpha value is -3.59. The minimum Gasteiger partial charge on any atom is -0.444 e. The van der Waals surface area contributed by atoms with Gasteiger partial charge in [-0.05, 0) is 65.7 Å². The first-order chi connectivity index (χ1) is 17.5. The molecule has 4 N–H and O–H groups in total. The molecule has 2 atom stereocenters. The molecule has 0 fully saturated rings. The molecule has 0 aliphatic rings. The zero-order valence-corrected chi connectivity index (χ0v) is 23.7. The van der Waals surface area contributed by atoms with Gasteiger partial charge in [-0.25, -0.2) is 4.79 Å². The van der Waals surface area contributed by atoms with Gasteiger partial charge in [-0.1, -0.05) is 54.1 Å². The number of rotatable bonds is 8. The summed E-state index contributed by atoms with van der Waals surface area (Å²) in [5, 5.41) is 5.68. The van der Waals surface area contributed by atoms with Crippen molar-refractivity contribution in [3.05, 3.63) is 64.7 Å². The fraction of sp³-hybridized carbons (Fsp3) is 0.429. The molecule has 2 aromatic carbocycles. The van der Waals surface area contributed by atoms with Gasteiger partial charge < -0.3 is 26.0 Å². The molecule has 2 aromatic rings. The van der Waals surface area contributed by atoms with Crippen molar-refractivity contribution in [1.29, 1.82) is 0 Å². The van der Waals surface area contributed by atoms with Crippen LogP contribution in [0.1, 0.15) is 65.1 Å². The van der Waals surface area contributed by atoms with Gasteiger partial charge in [0.1, 0.15) is 17.7 Å². The smallest absolute Gasteiger partial charge is 0.408 e. The number of ether oxygens (including phenoxy) is 1. The number of carbonyl (C=O) groups excluding carboxylic acids is 4. The second-order valence-corrected chi connectivity index (χ2v) is 11.4. The van der Waals surface area contributed by atoms with Crippen LogP contribution in [-0.4, -0.2) is 45.9 Å². The monoisotopic (exact) mass is 544 g/mol. The molecule has 0 aromatic heterocycles. The molecule has 9 nitrogen and oxygen atoms in total. The second-order valence-electron chi connectivity index (χ2n) is 11.0. The van der Waals surface area contributed by atoms with E-state index in [0.717, 1.165) is 5.56 Å². The Kier molecular flexibility index (Phi) is 9.92. The molecule has 4 amide bonds. The SMILES string of the molecule is Cc1cccc(Cl)c1NC(=O)C(c1ccccc1)N(C(=O)C(CC(N)=O)NC(=O)OC(C)(C)C)C(C)(C)C. The molecule has 0 radical (unpaired) electrons. The van der Waals surface area contributed by atoms with Crippen LogP contribution in [0.5, 0.6) is 0 Å². The van der Waals surface area contributed by atoms with E-state index in [1.165, 1.54) is 4.90 Å². The highest BCUT2D eigenvalue weighted by molar-refractivity contribution is 6.34. The Morgan fingerprint density at radius 3 is 2.08 bits per heavy atom. The number of amides is 4. The van der Waals surface area contributed by atoms with E-state index in [0.29, 0.717) is 16.3 Å². The summed E-state index contributed by atoms with van der Waals surface area (Å²) in [6, 6.07) is 11.5. The summed E-state index contributed by atoms with van der Waals surface area (Å²) in [6.45, 7) is 12.1. The van der Waals surface area contributed by atoms with E-state index in [9.17, 15) is 19.2 Å². The van der Waals surface area contributed by atoms with Gasteiger partial charge in [-0.2, -0.15) is 0 Å². The lowest BCUT2D eigenvalue weighted by molar-refractivity contribution is -0.147. The van der Waals surface area contributed by atoms with Crippen molar-refractivity contribution in [1.82, 2.24) is 10.2 Å². The lowest BCUT2D eigenvalue weighted by Gasteiger charge is -2.43. The molecule has 0 aliphatic heterocycles. The number of carbonyl (C=O) groups is 4. The number of aryl methyl sites for hydroxylation is 1. The zero-order valence-electron chi connectivity index (χ0n) is 22.9. The quantitative estimate of drug-likeness (QED) is 0.442. The van der Waals surface area contributed by atoms with Crippen molar-refractivity contribution in [2.45, 2.75) is 78.1 Å². The second kappa shape index (κ2) is 12.3. The number of nitrogens with zero attached hydrogens (tertiary/aromatic N) is 1. The van der Waals surface area contributed by atoms with E-state index < -0.39 is 53.5 Å². The normalized spacial score (nSPS) is 13.2. The van der Waals surface area contributed by atoms with Crippen LogP contribution >= 0.6 is 11.6 Å². The van der Waals surface area contributed by atoms with Gasteiger partial charge in [-0.15, -0.1) is 0 Å². The number of anilines is 1. The summed E-state index contributed by atoms with van der Waals surface area (Å²) < 4.78 is 5.30. The van der Waals surface area contributed by atoms with Crippen LogP contribution in [-0.2, 0) is 19.1 Å². The van der Waals surface area contributed by atoms with E-state index in [2.05, 4.69) is 10.6 Å². The molecule has 0 bridgehead atoms. The lowest BCUT2D eigenvalue weighted by atomic mass is 9.94. The Balaban J connectivity index is 2.59. The Morgan fingerprint density at radius 2 is 1.58 bits per heavy atom. The van der Waals surface area contributed by atoms with Crippen LogP contribution in [0.15, 0.2) is 48.5 Å². The van der Waals surface area contributed by atoms with Gasteiger partial charge >= 0.3 is 6.09 Å². The van der Waals surface area contributed by atoms with Gasteiger partial charge in [0.05, 0.1) is 17.1 Å². The maximum absolute atomic E-state index is 14.1. The third kappa shape index (κ3) is 8.48. The molecule has 206 valence electrons. The number of hydrogen-bond donors (Lipinski definition) is 3. The van der Waals surface area contributed by atoms with Crippen LogP contribution in [0.3, 0.4) is 0 Å². The van der Waals surface area contributed by atoms with Gasteiger partial charge in [0.2, 0.25) is 11.8 Å². The highest BCUT2D eigenvalue weighted by atomic mass is 35.5. The standard InChI is InChI=1S/C28H37ClN4O5/c1-17-12-11-15-19(29)22(17)32-24(35)23(18-13-9-8-10-14-18)33(27(2,3)4)25(36)20(16-21(30)34)31-26(37)38-28(5,6)7/h8-15,20,23H,16H2,1-7H3,(H2,30,34)(H,31,37)(H,32,35). The summed E-state index contributed by atoms with van der Waals surface area (Å²) in [5.41, 5.74) is 5.34. The molecule has 0 heterocycles. The molecular weight excluding hydrogens is 508 g/mol. The summed E-state index contributed by atoms with van der Waals surface area (Å²) >= 11 is 6.37. The highest BCUT2D eigenvalue weighted by Crippen LogP contribution is 2.33. The molecule has 0 saturated heterocycles. The number of benzene rings is 2. The van der Waals surface area contributed by atoms with Gasteiger partial charge in [0.15, 0.2) is 0 Å². The first-order valence-corrected chi connectivity index (χ1v) is 12.6. The minimum atomic E-state index is -1.37. The van der Waals surface area contributed by atoms with Crippen molar-refractivity contribution < 1.29 is 23.9 Å². The maximum atomic E-state index is 14.1. The molecule has 2 unspecified atom stereocenters. The number of nitrogens with two attached hydrogens (primary N) is 1. The Bertz CT molecular complexity index is 1150. The van der Waals surface area contributed by atoms with Crippen LogP contribution in [0.4, 0.5) is 10.5 Å². The van der Waals surface area contributed by atoms with E-state index >= 15 is 0 Å². The van der Waals surface area contributed by atoms with Crippen molar-refractivity contribution >= 4 is 41.1 Å². The van der Waals surface area contributed by atoms with Crippen molar-refractivity contribution in [2.75, 3.05) is 5.32 Å². The first-order valence-electron chi connectivity index (χ1n) is 12.2. The highest BCUT2D eigenvalue weighted by Gasteiger charge is 2.42. The van der Waals surface area contributed by atoms with Crippen LogP contribution in [0.25, 0.3) is 0 Å². The topological polar surface area (TPSA) is 131 Å². The van der Waals surface area contributed by atoms with Gasteiger partial charge in [0.25, 0.3) is 5.91 Å². The third-order valence-corrected chi connectivity index (χ3v) is 5.76. The lowest BCUT2D eigenvalue weighted by Crippen LogP contribution is -2.58. The first kappa shape index (κ1) is 30.6. The predicted molar refractivity (Wildman–Crippen MR) is 148 cm³/mol. The van der Waals surface area contributed by atoms with E-state index in [4.69, 9.17) is 22.1 Å². The molecule has 0 spiro atoms. The molecule has 0 saturated carbocycles. The van der Waals surface area contributed by atoms with Gasteiger partial charge in [0, 0.05) is 5.54 Å². The molecular formula is C28H37ClN4O5. The summed E-state index contributed by atoms with van der Waals surface area (Å²) in [5.74, 6) is -2.01. The largest absolute Gasteiger partial charge is 0.444 e. The van der Waals surface area contributed by atoms with E-state index in [1.807, 2.05) is 0 Å². The Morgan fingerprint density at radius 1 is 0.974 bits per heavy atom. The molecule has 38 heavy (non-hydrogen) atoms. The number of alkyl carbamates (subject to hydrolysis) is 1. The molecule has 0 aliphatic carbocycles. The summed E-state index contributed by atoms with van der Waals surface area (Å²) in [6.07, 6.45) is -1.38. The number of hydrogen-bond acceptors (Lipinski definition) is 5. The summed E-state index contributed by atoms with van der Waals surface area (Å²) in [7, 11) is 0. The van der Waals surface area contributed by atoms with E-state index in [1.54, 1.807) is 97.0 Å². The maximum Gasteiger partial charge on any atom is 0.408 e. The zero-order chi connectivity index (χ0) is 28.8. The third-order valence-electron chi connectivity index (χ3n) is 5.45. The average Bonchev–Trinajstić information content (AvgIpc) is 2.77. The molecule has 10 heteroatoms. The fourth-order valence-electron chi connectivity index (χ4n) is 3.90. The fourth-order valence-corrected chi connectivity index (χ4v) is 4.17. The number of primary amides is 1.